The molecule has 0 fully saturated rings. The SMILES string of the molecule is C/C=C1/c2ccccc2COc2ccc(CC(=O)OC)cc21. The van der Waals surface area contributed by atoms with Crippen LogP contribution < -0.4 is 4.74 Å². The zero-order chi connectivity index (χ0) is 15.5. The third kappa shape index (κ3) is 2.62. The second kappa shape index (κ2) is 6.06. The monoisotopic (exact) mass is 294 g/mol. The highest BCUT2D eigenvalue weighted by Crippen LogP contribution is 2.37. The molecule has 2 aromatic rings. The lowest BCUT2D eigenvalue weighted by molar-refractivity contribution is -0.139. The molecule has 0 radical (unpaired) electrons. The summed E-state index contributed by atoms with van der Waals surface area (Å²) in [5.41, 5.74) is 5.43. The van der Waals surface area contributed by atoms with Crippen molar-refractivity contribution in [3.8, 4) is 5.75 Å². The molecule has 0 amide bonds. The zero-order valence-electron chi connectivity index (χ0n) is 12.8. The molecular formula is C19H18O3. The van der Waals surface area contributed by atoms with Gasteiger partial charge >= 0.3 is 5.97 Å². The van der Waals surface area contributed by atoms with E-state index >= 15 is 0 Å². The van der Waals surface area contributed by atoms with Crippen LogP contribution in [0.3, 0.4) is 0 Å². The highest BCUT2D eigenvalue weighted by Gasteiger charge is 2.19. The maximum atomic E-state index is 11.5. The predicted octanol–water partition coefficient (Wildman–Crippen LogP) is 3.75. The molecule has 0 N–H and O–H groups in total. The molecule has 0 saturated carbocycles. The number of esters is 1. The number of benzene rings is 2. The summed E-state index contributed by atoms with van der Waals surface area (Å²) in [4.78, 5) is 11.5. The van der Waals surface area contributed by atoms with Crippen LogP contribution in [0.4, 0.5) is 0 Å². The molecule has 112 valence electrons. The van der Waals surface area contributed by atoms with Crippen molar-refractivity contribution < 1.29 is 14.3 Å². The highest BCUT2D eigenvalue weighted by atomic mass is 16.5. The van der Waals surface area contributed by atoms with Gasteiger partial charge in [-0.25, -0.2) is 0 Å². The normalized spacial score (nSPS) is 14.5. The van der Waals surface area contributed by atoms with Crippen LogP contribution >= 0.6 is 0 Å². The largest absolute Gasteiger partial charge is 0.488 e. The van der Waals surface area contributed by atoms with Crippen LogP contribution in [-0.2, 0) is 22.6 Å². The number of methoxy groups -OCH3 is 1. The molecule has 22 heavy (non-hydrogen) atoms. The van der Waals surface area contributed by atoms with Gasteiger partial charge < -0.3 is 9.47 Å². The van der Waals surface area contributed by atoms with Gasteiger partial charge in [-0.2, -0.15) is 0 Å². The van der Waals surface area contributed by atoms with Gasteiger partial charge in [-0.05, 0) is 41.3 Å². The molecule has 0 aromatic heterocycles. The van der Waals surface area contributed by atoms with Gasteiger partial charge in [-0.3, -0.25) is 4.79 Å². The summed E-state index contributed by atoms with van der Waals surface area (Å²) >= 11 is 0. The third-order valence-corrected chi connectivity index (χ3v) is 3.89. The fraction of sp³-hybridized carbons (Fsp3) is 0.211. The van der Waals surface area contributed by atoms with Crippen molar-refractivity contribution in [1.82, 2.24) is 0 Å². The van der Waals surface area contributed by atoms with Gasteiger partial charge in [0.15, 0.2) is 0 Å². The summed E-state index contributed by atoms with van der Waals surface area (Å²) in [7, 11) is 1.41. The molecule has 3 rings (SSSR count). The Balaban J connectivity index is 2.08. The van der Waals surface area contributed by atoms with Gasteiger partial charge in [0.1, 0.15) is 12.4 Å². The zero-order valence-corrected chi connectivity index (χ0v) is 12.8. The fourth-order valence-corrected chi connectivity index (χ4v) is 2.78. The minimum absolute atomic E-state index is 0.239. The fourth-order valence-electron chi connectivity index (χ4n) is 2.78. The Morgan fingerprint density at radius 2 is 2.05 bits per heavy atom. The first-order valence-corrected chi connectivity index (χ1v) is 7.30. The van der Waals surface area contributed by atoms with E-state index in [4.69, 9.17) is 9.47 Å². The Bertz CT molecular complexity index is 744. The minimum atomic E-state index is -0.239. The molecule has 0 aliphatic carbocycles. The molecule has 1 heterocycles. The summed E-state index contributed by atoms with van der Waals surface area (Å²) in [6.07, 6.45) is 2.36. The molecule has 3 nitrogen and oxygen atoms in total. The lowest BCUT2D eigenvalue weighted by Crippen LogP contribution is -2.05. The quantitative estimate of drug-likeness (QED) is 0.791. The number of carbonyl (C=O) groups excluding carboxylic acids is 1. The van der Waals surface area contributed by atoms with Crippen LogP contribution in [0.2, 0.25) is 0 Å². The Hall–Kier alpha value is -2.55. The first-order chi connectivity index (χ1) is 10.7. The second-order valence-electron chi connectivity index (χ2n) is 5.23. The van der Waals surface area contributed by atoms with E-state index in [2.05, 4.69) is 18.2 Å². The van der Waals surface area contributed by atoms with Crippen LogP contribution in [-0.4, -0.2) is 13.1 Å². The van der Waals surface area contributed by atoms with Crippen molar-refractivity contribution in [3.05, 3.63) is 70.8 Å². The molecule has 0 bridgehead atoms. The van der Waals surface area contributed by atoms with Crippen LogP contribution in [0, 0.1) is 0 Å². The van der Waals surface area contributed by atoms with Gasteiger partial charge in [0.25, 0.3) is 0 Å². The van der Waals surface area contributed by atoms with Gasteiger partial charge in [0.2, 0.25) is 0 Å². The van der Waals surface area contributed by atoms with Gasteiger partial charge in [0, 0.05) is 5.56 Å². The summed E-state index contributed by atoms with van der Waals surface area (Å²) in [5.74, 6) is 0.606. The van der Waals surface area contributed by atoms with Crippen LogP contribution in [0.15, 0.2) is 48.5 Å². The topological polar surface area (TPSA) is 35.5 Å². The van der Waals surface area contributed by atoms with Crippen molar-refractivity contribution in [1.29, 1.82) is 0 Å². The first-order valence-electron chi connectivity index (χ1n) is 7.30. The molecular weight excluding hydrogens is 276 g/mol. The van der Waals surface area contributed by atoms with Crippen molar-refractivity contribution in [3.63, 3.8) is 0 Å². The van der Waals surface area contributed by atoms with E-state index in [1.807, 2.05) is 37.3 Å². The highest BCUT2D eigenvalue weighted by molar-refractivity contribution is 5.85. The van der Waals surface area contributed by atoms with Crippen molar-refractivity contribution in [2.45, 2.75) is 20.0 Å². The number of rotatable bonds is 2. The van der Waals surface area contributed by atoms with Crippen LogP contribution in [0.5, 0.6) is 5.75 Å². The molecule has 0 atom stereocenters. The maximum absolute atomic E-state index is 11.5. The van der Waals surface area contributed by atoms with E-state index in [1.165, 1.54) is 18.2 Å². The number of hydrogen-bond acceptors (Lipinski definition) is 3. The Kier molecular flexibility index (Phi) is 3.96. The smallest absolute Gasteiger partial charge is 0.309 e. The van der Waals surface area contributed by atoms with E-state index in [0.29, 0.717) is 6.61 Å². The van der Waals surface area contributed by atoms with E-state index in [1.54, 1.807) is 0 Å². The minimum Gasteiger partial charge on any atom is -0.488 e. The molecule has 3 heteroatoms. The Morgan fingerprint density at radius 3 is 2.82 bits per heavy atom. The Labute approximate surface area is 130 Å². The van der Waals surface area contributed by atoms with E-state index in [0.717, 1.165) is 22.4 Å². The lowest BCUT2D eigenvalue weighted by atomic mass is 9.93. The first kappa shape index (κ1) is 14.4. The van der Waals surface area contributed by atoms with Crippen LogP contribution in [0.25, 0.3) is 5.57 Å². The summed E-state index contributed by atoms with van der Waals surface area (Å²) < 4.78 is 10.7. The van der Waals surface area contributed by atoms with E-state index < -0.39 is 0 Å². The molecule has 0 saturated heterocycles. The van der Waals surface area contributed by atoms with Gasteiger partial charge in [-0.15, -0.1) is 0 Å². The summed E-state index contributed by atoms with van der Waals surface area (Å²) in [6.45, 7) is 2.57. The number of allylic oxidation sites excluding steroid dienone is 1. The second-order valence-corrected chi connectivity index (χ2v) is 5.23. The number of hydrogen-bond donors (Lipinski definition) is 0. The average Bonchev–Trinajstić information content (AvgIpc) is 2.70. The summed E-state index contributed by atoms with van der Waals surface area (Å²) in [5, 5.41) is 0. The number of carbonyl (C=O) groups is 1. The van der Waals surface area contributed by atoms with E-state index in [-0.39, 0.29) is 12.4 Å². The standard InChI is InChI=1S/C19H18O3/c1-3-15-16-7-5-4-6-14(16)12-22-18-9-8-13(10-17(15)18)11-19(20)21-2/h3-10H,11-12H2,1-2H3/b15-3-. The summed E-state index contributed by atoms with van der Waals surface area (Å²) in [6, 6.07) is 14.1. The van der Waals surface area contributed by atoms with Crippen molar-refractivity contribution in [2.24, 2.45) is 0 Å². The molecule has 0 spiro atoms. The molecule has 1 aliphatic heterocycles. The third-order valence-electron chi connectivity index (χ3n) is 3.89. The molecule has 2 aromatic carbocycles. The van der Waals surface area contributed by atoms with Gasteiger partial charge in [0.05, 0.1) is 13.5 Å². The Morgan fingerprint density at radius 1 is 1.23 bits per heavy atom. The molecule has 0 unspecified atom stereocenters. The maximum Gasteiger partial charge on any atom is 0.309 e. The van der Waals surface area contributed by atoms with Crippen molar-refractivity contribution >= 4 is 11.5 Å². The van der Waals surface area contributed by atoms with E-state index in [9.17, 15) is 4.79 Å². The number of ether oxygens (including phenoxy) is 2. The number of fused-ring (bicyclic) bond motifs is 2. The lowest BCUT2D eigenvalue weighted by Gasteiger charge is -2.11. The molecule has 1 aliphatic rings. The van der Waals surface area contributed by atoms with Crippen LogP contribution in [0.1, 0.15) is 29.2 Å². The van der Waals surface area contributed by atoms with Gasteiger partial charge in [-0.1, -0.05) is 36.4 Å². The predicted molar refractivity (Wildman–Crippen MR) is 85.7 cm³/mol. The average molecular weight is 294 g/mol. The van der Waals surface area contributed by atoms with Crippen molar-refractivity contribution in [2.75, 3.05) is 7.11 Å².